The van der Waals surface area contributed by atoms with Gasteiger partial charge >= 0.3 is 0 Å². The van der Waals surface area contributed by atoms with Crippen molar-refractivity contribution in [3.63, 3.8) is 0 Å². The monoisotopic (exact) mass is 188 g/mol. The van der Waals surface area contributed by atoms with E-state index in [1.54, 1.807) is 0 Å². The predicted molar refractivity (Wildman–Crippen MR) is 32.7 cm³/mol. The second kappa shape index (κ2) is 4.08. The Morgan fingerprint density at radius 2 is 2.00 bits per heavy atom. The van der Waals surface area contributed by atoms with E-state index in [2.05, 4.69) is 35.2 Å². The first-order valence-electron chi connectivity index (χ1n) is 1.08. The van der Waals surface area contributed by atoms with Gasteiger partial charge in [-0.05, 0) is 5.75 Å². The number of hydrogen-bond acceptors (Lipinski definition) is 1. The number of alkyl halides is 1. The van der Waals surface area contributed by atoms with Gasteiger partial charge in [0.05, 0.1) is 0 Å². The molecule has 4 heavy (non-hydrogen) atoms. The van der Waals surface area contributed by atoms with E-state index >= 15 is 0 Å². The van der Waals surface area contributed by atoms with Crippen molar-refractivity contribution in [1.29, 1.82) is 0 Å². The SMILES string of the molecule is SCCI. The third-order valence-corrected chi connectivity index (χ3v) is 1.70. The maximum absolute atomic E-state index is 3.91. The first-order valence-corrected chi connectivity index (χ1v) is 3.24. The summed E-state index contributed by atoms with van der Waals surface area (Å²) >= 11 is 6.19. The van der Waals surface area contributed by atoms with E-state index in [1.807, 2.05) is 0 Å². The molecule has 0 rings (SSSR count). The van der Waals surface area contributed by atoms with Crippen LogP contribution in [0.5, 0.6) is 0 Å². The minimum Gasteiger partial charge on any atom is -0.179 e. The first-order chi connectivity index (χ1) is 1.91. The Labute approximate surface area is 45.5 Å². The molecule has 0 fully saturated rings. The molecule has 0 saturated carbocycles. The average Bonchev–Trinajstić information content (AvgIpc) is 1.37. The number of thiol groups is 1. The van der Waals surface area contributed by atoms with Crippen LogP contribution in [0, 0.1) is 0 Å². The molecule has 0 unspecified atom stereocenters. The van der Waals surface area contributed by atoms with Gasteiger partial charge in [-0.15, -0.1) is 0 Å². The van der Waals surface area contributed by atoms with Crippen molar-refractivity contribution in [3.05, 3.63) is 0 Å². The Hall–Kier alpha value is 1.08. The molecule has 0 amide bonds. The van der Waals surface area contributed by atoms with Gasteiger partial charge in [-0.2, -0.15) is 12.6 Å². The Bertz CT molecular complexity index is 8.00. The quantitative estimate of drug-likeness (QED) is 0.358. The molecule has 0 atom stereocenters. The predicted octanol–water partition coefficient (Wildman–Crippen LogP) is 1.35. The lowest BCUT2D eigenvalue weighted by Gasteiger charge is -1.65. The number of rotatable bonds is 1. The fourth-order valence-corrected chi connectivity index (χ4v) is 0. The van der Waals surface area contributed by atoms with E-state index in [-0.39, 0.29) is 0 Å². The first kappa shape index (κ1) is 5.08. The molecule has 0 aliphatic heterocycles. The van der Waals surface area contributed by atoms with E-state index in [0.717, 1.165) is 10.2 Å². The summed E-state index contributed by atoms with van der Waals surface area (Å²) in [5.41, 5.74) is 0. The van der Waals surface area contributed by atoms with Crippen LogP contribution in [-0.4, -0.2) is 10.2 Å². The Balaban J connectivity index is 1.97. The smallest absolute Gasteiger partial charge is 0.00838 e. The summed E-state index contributed by atoms with van der Waals surface area (Å²) in [5, 5.41) is 0. The van der Waals surface area contributed by atoms with Crippen LogP contribution in [0.4, 0.5) is 0 Å². The molecule has 0 aromatic rings. The van der Waals surface area contributed by atoms with Crippen LogP contribution in [-0.2, 0) is 0 Å². The second-order valence-corrected chi connectivity index (χ2v) is 1.94. The highest BCUT2D eigenvalue weighted by Crippen LogP contribution is 1.79. The van der Waals surface area contributed by atoms with Crippen molar-refractivity contribution >= 4 is 35.2 Å². The molecular formula is C2H5IS. The Morgan fingerprint density at radius 3 is 2.00 bits per heavy atom. The summed E-state index contributed by atoms with van der Waals surface area (Å²) in [6.45, 7) is 0. The van der Waals surface area contributed by atoms with Crippen molar-refractivity contribution < 1.29 is 0 Å². The number of halogens is 1. The van der Waals surface area contributed by atoms with Crippen molar-refractivity contribution in [2.45, 2.75) is 0 Å². The minimum absolute atomic E-state index is 1.00. The van der Waals surface area contributed by atoms with E-state index in [4.69, 9.17) is 0 Å². The standard InChI is InChI=1S/C2H5IS/c3-1-2-4/h4H,1-2H2. The lowest BCUT2D eigenvalue weighted by Crippen LogP contribution is -1.62. The molecule has 0 aliphatic rings. The van der Waals surface area contributed by atoms with E-state index in [1.165, 1.54) is 0 Å². The van der Waals surface area contributed by atoms with Gasteiger partial charge in [0.25, 0.3) is 0 Å². The second-order valence-electron chi connectivity index (χ2n) is 0.413. The molecule has 0 spiro atoms. The summed E-state index contributed by atoms with van der Waals surface area (Å²) in [5.74, 6) is 1.00. The fraction of sp³-hybridized carbons (Fsp3) is 1.00. The number of hydrogen-bond donors (Lipinski definition) is 1. The molecule has 0 heterocycles. The van der Waals surface area contributed by atoms with Crippen LogP contribution in [0.3, 0.4) is 0 Å². The lowest BCUT2D eigenvalue weighted by atomic mass is 11.0. The third-order valence-electron chi connectivity index (χ3n) is 0.0845. The summed E-state index contributed by atoms with van der Waals surface area (Å²) in [6, 6.07) is 0. The van der Waals surface area contributed by atoms with Crippen LogP contribution in [0.2, 0.25) is 0 Å². The molecule has 26 valence electrons. The normalized spacial score (nSPS) is 7.50. The van der Waals surface area contributed by atoms with Crippen LogP contribution >= 0.6 is 35.2 Å². The molecule has 2 heteroatoms. The van der Waals surface area contributed by atoms with Gasteiger partial charge in [0, 0.05) is 4.43 Å². The minimum atomic E-state index is 1.00. The van der Waals surface area contributed by atoms with Crippen LogP contribution in [0.25, 0.3) is 0 Å². The summed E-state index contributed by atoms with van der Waals surface area (Å²) in [6.07, 6.45) is 0. The lowest BCUT2D eigenvalue weighted by molar-refractivity contribution is 1.63. The maximum atomic E-state index is 3.91. The third kappa shape index (κ3) is 3.08. The molecule has 0 aromatic heterocycles. The van der Waals surface area contributed by atoms with Gasteiger partial charge < -0.3 is 0 Å². The molecule has 0 aliphatic carbocycles. The van der Waals surface area contributed by atoms with Gasteiger partial charge in [-0.25, -0.2) is 0 Å². The van der Waals surface area contributed by atoms with Gasteiger partial charge in [0.15, 0.2) is 0 Å². The zero-order valence-electron chi connectivity index (χ0n) is 2.24. The summed E-state index contributed by atoms with van der Waals surface area (Å²) < 4.78 is 1.15. The molecule has 0 nitrogen and oxygen atoms in total. The molecule has 0 N–H and O–H groups in total. The highest BCUT2D eigenvalue weighted by atomic mass is 127. The Morgan fingerprint density at radius 1 is 1.75 bits per heavy atom. The van der Waals surface area contributed by atoms with Crippen molar-refractivity contribution in [2.75, 3.05) is 10.2 Å². The fourth-order valence-electron chi connectivity index (χ4n) is 0. The molecule has 0 radical (unpaired) electrons. The zero-order valence-corrected chi connectivity index (χ0v) is 5.29. The average molecular weight is 188 g/mol. The van der Waals surface area contributed by atoms with E-state index in [0.29, 0.717) is 0 Å². The topological polar surface area (TPSA) is 0 Å². The molecule has 0 saturated heterocycles. The molecule has 0 bridgehead atoms. The highest BCUT2D eigenvalue weighted by Gasteiger charge is 1.59. The maximum Gasteiger partial charge on any atom is 0.00838 e. The zero-order chi connectivity index (χ0) is 3.41. The van der Waals surface area contributed by atoms with Gasteiger partial charge in [0.1, 0.15) is 0 Å². The summed E-state index contributed by atoms with van der Waals surface area (Å²) in [7, 11) is 0. The highest BCUT2D eigenvalue weighted by molar-refractivity contribution is 14.1. The largest absolute Gasteiger partial charge is 0.179 e. The van der Waals surface area contributed by atoms with E-state index < -0.39 is 0 Å². The van der Waals surface area contributed by atoms with Gasteiger partial charge in [-0.1, -0.05) is 22.6 Å². The van der Waals surface area contributed by atoms with Crippen LogP contribution < -0.4 is 0 Å². The van der Waals surface area contributed by atoms with E-state index in [9.17, 15) is 0 Å². The Kier molecular flexibility index (Phi) is 5.18. The molecule has 0 aromatic carbocycles. The van der Waals surface area contributed by atoms with Crippen LogP contribution in [0.15, 0.2) is 0 Å². The van der Waals surface area contributed by atoms with Crippen molar-refractivity contribution in [3.8, 4) is 0 Å². The van der Waals surface area contributed by atoms with Gasteiger partial charge in [0.2, 0.25) is 0 Å². The van der Waals surface area contributed by atoms with Crippen molar-refractivity contribution in [2.24, 2.45) is 0 Å². The van der Waals surface area contributed by atoms with Crippen molar-refractivity contribution in [1.82, 2.24) is 0 Å². The molecular weight excluding hydrogens is 183 g/mol. The summed E-state index contributed by atoms with van der Waals surface area (Å²) in [4.78, 5) is 0. The van der Waals surface area contributed by atoms with Gasteiger partial charge in [-0.3, -0.25) is 0 Å². The van der Waals surface area contributed by atoms with Crippen LogP contribution in [0.1, 0.15) is 0 Å².